The van der Waals surface area contributed by atoms with Crippen molar-refractivity contribution in [2.24, 2.45) is 0 Å². The van der Waals surface area contributed by atoms with Crippen molar-refractivity contribution in [2.45, 2.75) is 9.79 Å². The third kappa shape index (κ3) is 2.76. The maximum absolute atomic E-state index is 13.2. The molecule has 5 nitrogen and oxygen atoms in total. The number of halogens is 2. The van der Waals surface area contributed by atoms with Gasteiger partial charge in [0.25, 0.3) is 0 Å². The lowest BCUT2D eigenvalue weighted by atomic mass is 10.2. The zero-order valence-electron chi connectivity index (χ0n) is 12.2. The van der Waals surface area contributed by atoms with Gasteiger partial charge in [0.15, 0.2) is 4.90 Å². The molecular formula is C16H10ClFO5S. The Kier molecular flexibility index (Phi) is 4.06. The molecule has 0 amide bonds. The first-order valence-electron chi connectivity index (χ1n) is 6.65. The van der Waals surface area contributed by atoms with Gasteiger partial charge in [-0.05, 0) is 42.5 Å². The third-order valence-corrected chi connectivity index (χ3v) is 5.43. The third-order valence-electron chi connectivity index (χ3n) is 3.40. The number of fused-ring (bicyclic) bond motifs is 1. The first-order valence-corrected chi connectivity index (χ1v) is 8.51. The molecule has 0 spiro atoms. The van der Waals surface area contributed by atoms with Crippen LogP contribution in [-0.4, -0.2) is 15.5 Å². The van der Waals surface area contributed by atoms with E-state index < -0.39 is 26.2 Å². The van der Waals surface area contributed by atoms with E-state index in [0.717, 1.165) is 18.2 Å². The maximum Gasteiger partial charge on any atom is 0.355 e. The predicted molar refractivity (Wildman–Crippen MR) is 85.9 cm³/mol. The molecule has 0 aliphatic heterocycles. The Morgan fingerprint density at radius 2 is 1.88 bits per heavy atom. The van der Waals surface area contributed by atoms with Gasteiger partial charge in [0.1, 0.15) is 17.1 Å². The fourth-order valence-corrected chi connectivity index (χ4v) is 3.73. The average Bonchev–Trinajstić information content (AvgIpc) is 2.56. The Bertz CT molecular complexity index is 1110. The zero-order valence-corrected chi connectivity index (χ0v) is 13.8. The monoisotopic (exact) mass is 368 g/mol. The van der Waals surface area contributed by atoms with E-state index >= 15 is 0 Å². The summed E-state index contributed by atoms with van der Waals surface area (Å²) in [4.78, 5) is 11.2. The van der Waals surface area contributed by atoms with Crippen molar-refractivity contribution in [3.63, 3.8) is 0 Å². The van der Waals surface area contributed by atoms with Crippen molar-refractivity contribution in [3.8, 4) is 5.75 Å². The van der Waals surface area contributed by atoms with Crippen LogP contribution in [0.15, 0.2) is 61.5 Å². The lowest BCUT2D eigenvalue weighted by Crippen LogP contribution is -2.14. The molecule has 0 radical (unpaired) electrons. The molecule has 24 heavy (non-hydrogen) atoms. The molecule has 2 aromatic carbocycles. The van der Waals surface area contributed by atoms with E-state index in [-0.39, 0.29) is 15.5 Å². The van der Waals surface area contributed by atoms with Crippen LogP contribution in [0.3, 0.4) is 0 Å². The Labute approximate surface area is 141 Å². The molecule has 3 aromatic rings. The number of methoxy groups -OCH3 is 1. The van der Waals surface area contributed by atoms with Crippen molar-refractivity contribution in [1.29, 1.82) is 0 Å². The quantitative estimate of drug-likeness (QED) is 0.523. The lowest BCUT2D eigenvalue weighted by Gasteiger charge is -2.06. The van der Waals surface area contributed by atoms with E-state index in [1.165, 1.54) is 25.3 Å². The second-order valence-electron chi connectivity index (χ2n) is 4.88. The molecular weight excluding hydrogens is 359 g/mol. The molecule has 0 N–H and O–H groups in total. The van der Waals surface area contributed by atoms with Crippen molar-refractivity contribution in [2.75, 3.05) is 7.11 Å². The van der Waals surface area contributed by atoms with Gasteiger partial charge >= 0.3 is 5.63 Å². The molecule has 0 saturated heterocycles. The minimum absolute atomic E-state index is 0.219. The van der Waals surface area contributed by atoms with Gasteiger partial charge < -0.3 is 9.15 Å². The fraction of sp³-hybridized carbons (Fsp3) is 0.0625. The standard InChI is InChI=1S/C16H10ClFO5S/c1-22-10-2-5-14-9(6-10)7-15(16(19)23-14)24(20,21)11-3-4-13(18)12(17)8-11/h2-8H,1H3. The highest BCUT2D eigenvalue weighted by Gasteiger charge is 2.24. The van der Waals surface area contributed by atoms with E-state index in [1.807, 2.05) is 0 Å². The Morgan fingerprint density at radius 3 is 2.54 bits per heavy atom. The summed E-state index contributed by atoms with van der Waals surface area (Å²) in [5.74, 6) is -0.282. The summed E-state index contributed by atoms with van der Waals surface area (Å²) >= 11 is 5.62. The van der Waals surface area contributed by atoms with E-state index in [0.29, 0.717) is 11.1 Å². The Balaban J connectivity index is 2.25. The second kappa shape index (κ2) is 5.92. The van der Waals surface area contributed by atoms with Gasteiger partial charge in [-0.15, -0.1) is 0 Å². The first-order chi connectivity index (χ1) is 11.3. The number of hydrogen-bond acceptors (Lipinski definition) is 5. The number of hydrogen-bond donors (Lipinski definition) is 0. The van der Waals surface area contributed by atoms with Crippen molar-refractivity contribution < 1.29 is 22.0 Å². The van der Waals surface area contributed by atoms with Gasteiger partial charge in [0, 0.05) is 5.39 Å². The summed E-state index contributed by atoms with van der Waals surface area (Å²) in [6, 6.07) is 8.71. The molecule has 0 fully saturated rings. The van der Waals surface area contributed by atoms with Gasteiger partial charge in [-0.3, -0.25) is 0 Å². The van der Waals surface area contributed by atoms with Gasteiger partial charge in [-0.2, -0.15) is 0 Å². The lowest BCUT2D eigenvalue weighted by molar-refractivity contribution is 0.415. The SMILES string of the molecule is COc1ccc2oc(=O)c(S(=O)(=O)c3ccc(F)c(Cl)c3)cc2c1. The molecule has 0 aliphatic rings. The van der Waals surface area contributed by atoms with Gasteiger partial charge in [0.2, 0.25) is 9.84 Å². The van der Waals surface area contributed by atoms with Crippen LogP contribution in [0.2, 0.25) is 5.02 Å². The molecule has 1 aromatic heterocycles. The highest BCUT2D eigenvalue weighted by Crippen LogP contribution is 2.26. The summed E-state index contributed by atoms with van der Waals surface area (Å²) in [6.45, 7) is 0. The van der Waals surface area contributed by atoms with Crippen LogP contribution < -0.4 is 10.4 Å². The molecule has 0 aliphatic carbocycles. The maximum atomic E-state index is 13.2. The summed E-state index contributed by atoms with van der Waals surface area (Å²) in [5.41, 5.74) is -0.801. The number of sulfone groups is 1. The van der Waals surface area contributed by atoms with Crippen molar-refractivity contribution in [3.05, 3.63) is 63.7 Å². The number of ether oxygens (including phenoxy) is 1. The average molecular weight is 369 g/mol. The summed E-state index contributed by atoms with van der Waals surface area (Å²) in [5, 5.41) is 0.0173. The van der Waals surface area contributed by atoms with Crippen LogP contribution in [-0.2, 0) is 9.84 Å². The van der Waals surface area contributed by atoms with E-state index in [1.54, 1.807) is 6.07 Å². The largest absolute Gasteiger partial charge is 0.497 e. The molecule has 0 saturated carbocycles. The van der Waals surface area contributed by atoms with Crippen LogP contribution >= 0.6 is 11.6 Å². The fourth-order valence-electron chi connectivity index (χ4n) is 2.17. The number of rotatable bonds is 3. The Morgan fingerprint density at radius 1 is 1.12 bits per heavy atom. The molecule has 124 valence electrons. The van der Waals surface area contributed by atoms with Crippen LogP contribution in [0.5, 0.6) is 5.75 Å². The number of benzene rings is 2. The van der Waals surface area contributed by atoms with Crippen LogP contribution in [0, 0.1) is 5.82 Å². The minimum atomic E-state index is -4.22. The van der Waals surface area contributed by atoms with Crippen LogP contribution in [0.25, 0.3) is 11.0 Å². The van der Waals surface area contributed by atoms with E-state index in [9.17, 15) is 17.6 Å². The first kappa shape index (κ1) is 16.5. The highest BCUT2D eigenvalue weighted by molar-refractivity contribution is 7.91. The predicted octanol–water partition coefficient (Wildman–Crippen LogP) is 3.43. The molecule has 0 atom stereocenters. The summed E-state index contributed by atoms with van der Waals surface area (Å²) in [7, 11) is -2.76. The van der Waals surface area contributed by atoms with Gasteiger partial charge in [0.05, 0.1) is 17.0 Å². The molecule has 0 bridgehead atoms. The minimum Gasteiger partial charge on any atom is -0.497 e. The molecule has 0 unspecified atom stereocenters. The zero-order chi connectivity index (χ0) is 17.5. The molecule has 1 heterocycles. The van der Waals surface area contributed by atoms with Crippen LogP contribution in [0.1, 0.15) is 0 Å². The molecule has 3 rings (SSSR count). The van der Waals surface area contributed by atoms with E-state index in [4.69, 9.17) is 20.8 Å². The second-order valence-corrected chi connectivity index (χ2v) is 7.21. The van der Waals surface area contributed by atoms with Crippen molar-refractivity contribution >= 4 is 32.4 Å². The topological polar surface area (TPSA) is 73.6 Å². The van der Waals surface area contributed by atoms with Gasteiger partial charge in [-0.1, -0.05) is 11.6 Å². The highest BCUT2D eigenvalue weighted by atomic mass is 35.5. The van der Waals surface area contributed by atoms with E-state index in [2.05, 4.69) is 0 Å². The summed E-state index contributed by atoms with van der Waals surface area (Å²) in [6.07, 6.45) is 0. The summed E-state index contributed by atoms with van der Waals surface area (Å²) < 4.78 is 48.6. The molecule has 8 heteroatoms. The normalized spacial score (nSPS) is 11.6. The van der Waals surface area contributed by atoms with Gasteiger partial charge in [-0.25, -0.2) is 17.6 Å². The Hall–Kier alpha value is -2.38. The smallest absolute Gasteiger partial charge is 0.355 e. The van der Waals surface area contributed by atoms with Crippen LogP contribution in [0.4, 0.5) is 4.39 Å². The van der Waals surface area contributed by atoms with Crippen molar-refractivity contribution in [1.82, 2.24) is 0 Å².